The first-order valence-electron chi connectivity index (χ1n) is 8.19. The first kappa shape index (κ1) is 17.2. The zero-order valence-corrected chi connectivity index (χ0v) is 13.2. The van der Waals surface area contributed by atoms with Gasteiger partial charge in [0, 0.05) is 25.6 Å². The summed E-state index contributed by atoms with van der Waals surface area (Å²) in [5, 5.41) is 8.36. The highest BCUT2D eigenvalue weighted by Gasteiger charge is 2.16. The number of carbonyl (C=O) groups excluding carboxylic acids is 2. The van der Waals surface area contributed by atoms with Crippen molar-refractivity contribution in [2.75, 3.05) is 13.1 Å². The van der Waals surface area contributed by atoms with Crippen LogP contribution < -0.4 is 16.0 Å². The van der Waals surface area contributed by atoms with Crippen molar-refractivity contribution in [3.63, 3.8) is 0 Å². The van der Waals surface area contributed by atoms with E-state index in [-0.39, 0.29) is 17.8 Å². The summed E-state index contributed by atoms with van der Waals surface area (Å²) in [7, 11) is 0. The number of hydrogen-bond donors (Lipinski definition) is 3. The number of benzene rings is 1. The Bertz CT molecular complexity index is 513. The van der Waals surface area contributed by atoms with Gasteiger partial charge in [0.05, 0.1) is 0 Å². The summed E-state index contributed by atoms with van der Waals surface area (Å²) in [6.45, 7) is 0.784. The first-order valence-corrected chi connectivity index (χ1v) is 8.19. The van der Waals surface area contributed by atoms with Gasteiger partial charge in [0.25, 0.3) is 0 Å². The van der Waals surface area contributed by atoms with Crippen molar-refractivity contribution >= 4 is 11.9 Å². The molecule has 6 heteroatoms. The van der Waals surface area contributed by atoms with Crippen molar-refractivity contribution in [1.82, 2.24) is 16.0 Å². The van der Waals surface area contributed by atoms with E-state index >= 15 is 0 Å². The summed E-state index contributed by atoms with van der Waals surface area (Å²) in [6.07, 6.45) is 5.41. The number of nitrogens with one attached hydrogen (secondary N) is 3. The number of amides is 3. The van der Waals surface area contributed by atoms with E-state index in [1.54, 1.807) is 12.1 Å². The maximum absolute atomic E-state index is 12.8. The molecule has 0 saturated heterocycles. The smallest absolute Gasteiger partial charge is 0.314 e. The fourth-order valence-electron chi connectivity index (χ4n) is 2.69. The van der Waals surface area contributed by atoms with Gasteiger partial charge in [0.2, 0.25) is 5.91 Å². The lowest BCUT2D eigenvalue weighted by molar-refractivity contribution is -0.121. The van der Waals surface area contributed by atoms with Gasteiger partial charge in [-0.3, -0.25) is 4.79 Å². The maximum atomic E-state index is 12.8. The highest BCUT2D eigenvalue weighted by Crippen LogP contribution is 2.17. The number of hydrogen-bond acceptors (Lipinski definition) is 2. The fourth-order valence-corrected chi connectivity index (χ4v) is 2.69. The quantitative estimate of drug-likeness (QED) is 0.720. The number of urea groups is 1. The van der Waals surface area contributed by atoms with E-state index in [1.165, 1.54) is 25.0 Å². The molecule has 126 valence electrons. The molecule has 5 nitrogen and oxygen atoms in total. The summed E-state index contributed by atoms with van der Waals surface area (Å²) in [6, 6.07) is 6.22. The van der Waals surface area contributed by atoms with Crippen LogP contribution in [-0.4, -0.2) is 31.1 Å². The van der Waals surface area contributed by atoms with Crippen LogP contribution in [0.5, 0.6) is 0 Å². The van der Waals surface area contributed by atoms with Crippen LogP contribution in [0.3, 0.4) is 0 Å². The minimum Gasteiger partial charge on any atom is -0.353 e. The third kappa shape index (κ3) is 6.67. The second kappa shape index (κ2) is 9.12. The van der Waals surface area contributed by atoms with Crippen molar-refractivity contribution in [2.45, 2.75) is 44.6 Å². The Balaban J connectivity index is 1.52. The maximum Gasteiger partial charge on any atom is 0.314 e. The molecule has 1 aromatic carbocycles. The second-order valence-corrected chi connectivity index (χ2v) is 5.86. The van der Waals surface area contributed by atoms with E-state index < -0.39 is 0 Å². The Morgan fingerprint density at radius 2 is 1.70 bits per heavy atom. The van der Waals surface area contributed by atoms with E-state index in [9.17, 15) is 14.0 Å². The molecule has 1 aromatic rings. The lowest BCUT2D eigenvalue weighted by Crippen LogP contribution is -2.39. The van der Waals surface area contributed by atoms with Crippen LogP contribution in [0.4, 0.5) is 9.18 Å². The number of rotatable bonds is 7. The van der Waals surface area contributed by atoms with Crippen molar-refractivity contribution < 1.29 is 14.0 Å². The van der Waals surface area contributed by atoms with E-state index in [1.807, 2.05) is 0 Å². The molecule has 0 atom stereocenters. The monoisotopic (exact) mass is 321 g/mol. The van der Waals surface area contributed by atoms with Crippen molar-refractivity contribution in [1.29, 1.82) is 0 Å². The van der Waals surface area contributed by atoms with E-state index in [4.69, 9.17) is 0 Å². The van der Waals surface area contributed by atoms with Gasteiger partial charge in [-0.1, -0.05) is 25.0 Å². The Morgan fingerprint density at radius 3 is 2.39 bits per heavy atom. The summed E-state index contributed by atoms with van der Waals surface area (Å²) in [5.74, 6) is -0.279. The van der Waals surface area contributed by atoms with Gasteiger partial charge in [0.1, 0.15) is 5.82 Å². The molecule has 0 unspecified atom stereocenters. The summed E-state index contributed by atoms with van der Waals surface area (Å²) >= 11 is 0. The minimum absolute atomic E-state index is 0.0106. The zero-order valence-electron chi connectivity index (χ0n) is 13.2. The average molecular weight is 321 g/mol. The van der Waals surface area contributed by atoms with Gasteiger partial charge in [0.15, 0.2) is 0 Å². The van der Waals surface area contributed by atoms with Gasteiger partial charge >= 0.3 is 6.03 Å². The summed E-state index contributed by atoms with van der Waals surface area (Å²) in [4.78, 5) is 23.3. The third-order valence-corrected chi connectivity index (χ3v) is 3.97. The van der Waals surface area contributed by atoms with Crippen LogP contribution >= 0.6 is 0 Å². The van der Waals surface area contributed by atoms with Crippen LogP contribution in [0.2, 0.25) is 0 Å². The van der Waals surface area contributed by atoms with Gasteiger partial charge in [-0.25, -0.2) is 9.18 Å². The second-order valence-electron chi connectivity index (χ2n) is 5.86. The topological polar surface area (TPSA) is 70.2 Å². The lowest BCUT2D eigenvalue weighted by Gasteiger charge is -2.12. The summed E-state index contributed by atoms with van der Waals surface area (Å²) < 4.78 is 12.8. The van der Waals surface area contributed by atoms with Gasteiger partial charge in [-0.15, -0.1) is 0 Å². The molecule has 1 fully saturated rings. The average Bonchev–Trinajstić information content (AvgIpc) is 3.02. The van der Waals surface area contributed by atoms with E-state index in [0.29, 0.717) is 32.0 Å². The van der Waals surface area contributed by atoms with Crippen LogP contribution in [0.1, 0.15) is 37.7 Å². The van der Waals surface area contributed by atoms with Gasteiger partial charge < -0.3 is 16.0 Å². The third-order valence-electron chi connectivity index (χ3n) is 3.97. The molecule has 3 N–H and O–H groups in total. The predicted octanol–water partition coefficient (Wildman–Crippen LogP) is 2.12. The Morgan fingerprint density at radius 1 is 1.04 bits per heavy atom. The van der Waals surface area contributed by atoms with Gasteiger partial charge in [-0.2, -0.15) is 0 Å². The molecule has 1 aliphatic carbocycles. The molecule has 0 aromatic heterocycles. The molecular weight excluding hydrogens is 297 g/mol. The molecule has 2 rings (SSSR count). The lowest BCUT2D eigenvalue weighted by atomic mass is 10.1. The summed E-state index contributed by atoms with van der Waals surface area (Å²) in [5.41, 5.74) is 0.961. The molecule has 1 saturated carbocycles. The fraction of sp³-hybridized carbons (Fsp3) is 0.529. The van der Waals surface area contributed by atoms with Crippen molar-refractivity contribution in [2.24, 2.45) is 0 Å². The van der Waals surface area contributed by atoms with Crippen molar-refractivity contribution in [3.8, 4) is 0 Å². The SMILES string of the molecule is O=C(CCNC(=O)NCCc1ccc(F)cc1)NC1CCCC1. The molecule has 1 aliphatic rings. The first-order chi connectivity index (χ1) is 11.1. The van der Waals surface area contributed by atoms with Crippen LogP contribution in [0, 0.1) is 5.82 Å². The number of halogens is 1. The van der Waals surface area contributed by atoms with Crippen LogP contribution in [0.25, 0.3) is 0 Å². The Labute approximate surface area is 136 Å². The van der Waals surface area contributed by atoms with Crippen LogP contribution in [-0.2, 0) is 11.2 Å². The highest BCUT2D eigenvalue weighted by molar-refractivity contribution is 5.78. The molecule has 0 aliphatic heterocycles. The highest BCUT2D eigenvalue weighted by atomic mass is 19.1. The standard InChI is InChI=1S/C17H24FN3O2/c18-14-7-5-13(6-8-14)9-11-19-17(23)20-12-10-16(22)21-15-3-1-2-4-15/h5-8,15H,1-4,9-12H2,(H,21,22)(H2,19,20,23). The predicted molar refractivity (Wildman–Crippen MR) is 86.5 cm³/mol. The molecular formula is C17H24FN3O2. The largest absolute Gasteiger partial charge is 0.353 e. The van der Waals surface area contributed by atoms with E-state index in [2.05, 4.69) is 16.0 Å². The Kier molecular flexibility index (Phi) is 6.84. The minimum atomic E-state index is -0.291. The van der Waals surface area contributed by atoms with Crippen molar-refractivity contribution in [3.05, 3.63) is 35.6 Å². The zero-order chi connectivity index (χ0) is 16.5. The Hall–Kier alpha value is -2.11. The van der Waals surface area contributed by atoms with E-state index in [0.717, 1.165) is 18.4 Å². The normalized spacial score (nSPS) is 14.5. The molecule has 3 amide bonds. The molecule has 0 spiro atoms. The molecule has 0 bridgehead atoms. The van der Waals surface area contributed by atoms with Gasteiger partial charge in [-0.05, 0) is 37.0 Å². The molecule has 23 heavy (non-hydrogen) atoms. The van der Waals surface area contributed by atoms with Crippen LogP contribution in [0.15, 0.2) is 24.3 Å². The molecule has 0 heterocycles. The number of carbonyl (C=O) groups is 2. The molecule has 0 radical (unpaired) electrons.